The minimum Gasteiger partial charge on any atom is -0.110 e. The van der Waals surface area contributed by atoms with Gasteiger partial charge in [-0.15, -0.1) is 9.24 Å². The molecule has 0 aromatic rings. The first-order valence-corrected chi connectivity index (χ1v) is 3.87. The molecule has 0 saturated carbocycles. The third kappa shape index (κ3) is 4.42. The van der Waals surface area contributed by atoms with Gasteiger partial charge < -0.3 is 0 Å². The molecule has 1 unspecified atom stereocenters. The molecule has 0 nitrogen and oxygen atoms in total. The molecule has 0 aromatic heterocycles. The summed E-state index contributed by atoms with van der Waals surface area (Å²) in [6.07, 6.45) is 5.42. The van der Waals surface area contributed by atoms with Crippen LogP contribution < -0.4 is 0 Å². The molecule has 0 aliphatic heterocycles. The molecule has 0 heterocycles. The van der Waals surface area contributed by atoms with Crippen LogP contribution in [0.25, 0.3) is 0 Å². The first-order valence-electron chi connectivity index (χ1n) is 3.29. The molecule has 0 saturated heterocycles. The molecule has 52 valence electrons. The van der Waals surface area contributed by atoms with Crippen molar-refractivity contribution in [2.24, 2.45) is 0 Å². The van der Waals surface area contributed by atoms with Crippen LogP contribution in [-0.4, -0.2) is 0 Å². The van der Waals surface area contributed by atoms with Crippen LogP contribution in [-0.2, 0) is 0 Å². The molecule has 0 bridgehead atoms. The summed E-state index contributed by atoms with van der Waals surface area (Å²) in [6.45, 7) is 6.32. The molecule has 0 radical (unpaired) electrons. The lowest BCUT2D eigenvalue weighted by Gasteiger charge is -1.93. The minimum absolute atomic E-state index is 1.12. The molecule has 0 aliphatic carbocycles. The lowest BCUT2D eigenvalue weighted by Crippen LogP contribution is -1.69. The monoisotopic (exact) mass is 142 g/mol. The van der Waals surface area contributed by atoms with E-state index in [0.29, 0.717) is 0 Å². The van der Waals surface area contributed by atoms with Crippen molar-refractivity contribution in [2.75, 3.05) is 0 Å². The topological polar surface area (TPSA) is 0 Å². The van der Waals surface area contributed by atoms with Crippen LogP contribution in [0.3, 0.4) is 0 Å². The molecule has 1 atom stereocenters. The zero-order chi connectivity index (χ0) is 7.28. The summed E-state index contributed by atoms with van der Waals surface area (Å²) in [5.41, 5.74) is 1.34. The summed E-state index contributed by atoms with van der Waals surface area (Å²) >= 11 is 0. The Morgan fingerprint density at radius 2 is 2.11 bits per heavy atom. The summed E-state index contributed by atoms with van der Waals surface area (Å²) in [5, 5.41) is 1.37. The summed E-state index contributed by atoms with van der Waals surface area (Å²) in [7, 11) is 2.73. The molecular formula is C8H15P. The van der Waals surface area contributed by atoms with Crippen LogP contribution >= 0.6 is 9.24 Å². The highest BCUT2D eigenvalue weighted by Crippen LogP contribution is 2.12. The fourth-order valence-electron chi connectivity index (χ4n) is 0.478. The highest BCUT2D eigenvalue weighted by molar-refractivity contribution is 7.22. The van der Waals surface area contributed by atoms with Crippen LogP contribution in [0, 0.1) is 0 Å². The van der Waals surface area contributed by atoms with Crippen LogP contribution in [0.1, 0.15) is 27.2 Å². The smallest absolute Gasteiger partial charge is 0.0308 e. The van der Waals surface area contributed by atoms with Gasteiger partial charge in [-0.2, -0.15) is 0 Å². The Balaban J connectivity index is 3.95. The quantitative estimate of drug-likeness (QED) is 0.410. The molecule has 9 heavy (non-hydrogen) atoms. The summed E-state index contributed by atoms with van der Waals surface area (Å²) in [6, 6.07) is 0. The van der Waals surface area contributed by atoms with Crippen LogP contribution in [0.4, 0.5) is 0 Å². The molecule has 0 spiro atoms. The van der Waals surface area contributed by atoms with Crippen molar-refractivity contribution in [3.05, 3.63) is 23.0 Å². The summed E-state index contributed by atoms with van der Waals surface area (Å²) in [5.74, 6) is 0. The number of hydrogen-bond acceptors (Lipinski definition) is 0. The van der Waals surface area contributed by atoms with Crippen molar-refractivity contribution in [1.82, 2.24) is 0 Å². The maximum atomic E-state index is 2.73. The van der Waals surface area contributed by atoms with Crippen molar-refractivity contribution in [3.63, 3.8) is 0 Å². The second-order valence-electron chi connectivity index (χ2n) is 2.11. The Morgan fingerprint density at radius 3 is 2.44 bits per heavy atom. The van der Waals surface area contributed by atoms with Crippen LogP contribution in [0.2, 0.25) is 0 Å². The number of hydrogen-bond donors (Lipinski definition) is 0. The second-order valence-corrected chi connectivity index (χ2v) is 2.85. The summed E-state index contributed by atoms with van der Waals surface area (Å²) < 4.78 is 0. The lowest BCUT2D eigenvalue weighted by atomic mass is 10.2. The predicted octanol–water partition coefficient (Wildman–Crippen LogP) is 3.12. The molecule has 0 aliphatic rings. The average molecular weight is 142 g/mol. The highest BCUT2D eigenvalue weighted by Gasteiger charge is 1.82. The van der Waals surface area contributed by atoms with E-state index in [2.05, 4.69) is 42.2 Å². The Kier molecular flexibility index (Phi) is 4.71. The van der Waals surface area contributed by atoms with Crippen molar-refractivity contribution < 1.29 is 0 Å². The van der Waals surface area contributed by atoms with E-state index in [4.69, 9.17) is 0 Å². The van der Waals surface area contributed by atoms with E-state index < -0.39 is 0 Å². The zero-order valence-electron chi connectivity index (χ0n) is 6.44. The van der Waals surface area contributed by atoms with Crippen molar-refractivity contribution in [3.8, 4) is 0 Å². The van der Waals surface area contributed by atoms with Gasteiger partial charge in [-0.3, -0.25) is 0 Å². The van der Waals surface area contributed by atoms with E-state index in [1.807, 2.05) is 0 Å². The SMILES string of the molecule is C/C=C(C)\C=C(\P)CC. The molecule has 0 aromatic carbocycles. The fourth-order valence-corrected chi connectivity index (χ4v) is 0.741. The first-order chi connectivity index (χ1) is 4.20. The molecule has 0 amide bonds. The Bertz CT molecular complexity index is 132. The third-order valence-corrected chi connectivity index (χ3v) is 1.85. The van der Waals surface area contributed by atoms with Gasteiger partial charge in [0.15, 0.2) is 0 Å². The van der Waals surface area contributed by atoms with Gasteiger partial charge >= 0.3 is 0 Å². The van der Waals surface area contributed by atoms with Crippen molar-refractivity contribution in [2.45, 2.75) is 27.2 Å². The van der Waals surface area contributed by atoms with Crippen molar-refractivity contribution >= 4 is 9.24 Å². The number of rotatable bonds is 2. The fraction of sp³-hybridized carbons (Fsp3) is 0.500. The largest absolute Gasteiger partial charge is 0.110 e. The Hall–Kier alpha value is -0.0900. The predicted molar refractivity (Wildman–Crippen MR) is 47.5 cm³/mol. The normalized spacial score (nSPS) is 14.2. The second kappa shape index (κ2) is 4.76. The van der Waals surface area contributed by atoms with E-state index in [1.165, 1.54) is 10.9 Å². The standard InChI is InChI=1S/C8H15P/c1-4-7(3)6-8(9)5-2/h4,6H,5,9H2,1-3H3/b7-4-,8-6+. The summed E-state index contributed by atoms with van der Waals surface area (Å²) in [4.78, 5) is 0. The van der Waals surface area contributed by atoms with Crippen LogP contribution in [0.15, 0.2) is 23.0 Å². The maximum Gasteiger partial charge on any atom is -0.0308 e. The van der Waals surface area contributed by atoms with Gasteiger partial charge in [0.1, 0.15) is 0 Å². The Morgan fingerprint density at radius 1 is 1.56 bits per heavy atom. The Labute approximate surface area is 60.2 Å². The van der Waals surface area contributed by atoms with Gasteiger partial charge in [0.2, 0.25) is 0 Å². The highest BCUT2D eigenvalue weighted by atomic mass is 31.0. The zero-order valence-corrected chi connectivity index (χ0v) is 7.59. The van der Waals surface area contributed by atoms with Gasteiger partial charge in [-0.25, -0.2) is 0 Å². The third-order valence-electron chi connectivity index (χ3n) is 1.28. The molecule has 0 rings (SSSR count). The van der Waals surface area contributed by atoms with E-state index in [1.54, 1.807) is 0 Å². The number of allylic oxidation sites excluding steroid dienone is 4. The van der Waals surface area contributed by atoms with E-state index in [9.17, 15) is 0 Å². The van der Waals surface area contributed by atoms with E-state index >= 15 is 0 Å². The molecule has 0 N–H and O–H groups in total. The molecule has 0 fully saturated rings. The van der Waals surface area contributed by atoms with E-state index in [0.717, 1.165) is 6.42 Å². The van der Waals surface area contributed by atoms with Gasteiger partial charge in [0.25, 0.3) is 0 Å². The van der Waals surface area contributed by atoms with Gasteiger partial charge in [0.05, 0.1) is 0 Å². The first kappa shape index (κ1) is 8.91. The van der Waals surface area contributed by atoms with Crippen molar-refractivity contribution in [1.29, 1.82) is 0 Å². The minimum atomic E-state index is 1.12. The lowest BCUT2D eigenvalue weighted by molar-refractivity contribution is 1.19. The van der Waals surface area contributed by atoms with Crippen LogP contribution in [0.5, 0.6) is 0 Å². The van der Waals surface area contributed by atoms with Gasteiger partial charge in [-0.05, 0) is 20.3 Å². The maximum absolute atomic E-state index is 2.73. The van der Waals surface area contributed by atoms with Gasteiger partial charge in [-0.1, -0.05) is 30.0 Å². The van der Waals surface area contributed by atoms with E-state index in [-0.39, 0.29) is 0 Å². The average Bonchev–Trinajstić information content (AvgIpc) is 1.87. The molecule has 1 heteroatoms. The van der Waals surface area contributed by atoms with Gasteiger partial charge in [0, 0.05) is 0 Å². The molecular weight excluding hydrogens is 127 g/mol.